The van der Waals surface area contributed by atoms with Gasteiger partial charge in [-0.25, -0.2) is 18.3 Å². The predicted octanol–water partition coefficient (Wildman–Crippen LogP) is 33.0. The number of benzene rings is 8. The summed E-state index contributed by atoms with van der Waals surface area (Å²) in [7, 11) is -17.8. The predicted molar refractivity (Wildman–Crippen MR) is 554 cm³/mol. The first-order valence-corrected chi connectivity index (χ1v) is 52.7. The van der Waals surface area contributed by atoms with Gasteiger partial charge in [-0.1, -0.05) is 374 Å². The summed E-state index contributed by atoms with van der Waals surface area (Å²) >= 11 is 0. The van der Waals surface area contributed by atoms with Gasteiger partial charge in [0, 0.05) is 0 Å². The van der Waals surface area contributed by atoms with Crippen molar-refractivity contribution in [3.63, 3.8) is 0 Å². The van der Waals surface area contributed by atoms with E-state index in [9.17, 15) is 37.8 Å². The Balaban J connectivity index is 0.000000370. The molecule has 0 amide bonds. The van der Waals surface area contributed by atoms with Crippen molar-refractivity contribution in [2.75, 3.05) is 0 Å². The minimum Gasteiger partial charge on any atom is -0.736 e. The van der Waals surface area contributed by atoms with Crippen LogP contribution in [-0.4, -0.2) is 47.5 Å². The summed E-state index contributed by atoms with van der Waals surface area (Å²) in [6, 6.07) is 58.3. The molecule has 8 aromatic carbocycles. The first kappa shape index (κ1) is 119. The molecule has 736 valence electrons. The van der Waals surface area contributed by atoms with Crippen LogP contribution < -0.4 is 46.0 Å². The normalized spacial score (nSPS) is 13.6. The summed E-state index contributed by atoms with van der Waals surface area (Å²) < 4.78 is 92.4. The maximum Gasteiger partial charge on any atom is 2.00 e. The average molecular weight is 1940 g/mol. The molecular weight excluding hydrogens is 1770 g/mol. The summed E-state index contributed by atoms with van der Waals surface area (Å²) in [6.07, 6.45) is 8.10. The molecular formula is C112H170CaO16P4. The fraction of sp³-hybridized carbons (Fsp3) is 0.571. The van der Waals surface area contributed by atoms with Crippen LogP contribution in [0.1, 0.15) is 373 Å². The Hall–Kier alpha value is -5.82. The van der Waals surface area contributed by atoms with Gasteiger partial charge in [0.15, 0.2) is 0 Å². The minimum atomic E-state index is -4.56. The summed E-state index contributed by atoms with van der Waals surface area (Å²) in [4.78, 5) is 45.6. The van der Waals surface area contributed by atoms with Gasteiger partial charge in [-0.05, 0) is 280 Å². The summed E-state index contributed by atoms with van der Waals surface area (Å²) in [5.41, 5.74) is 10.6. The minimum absolute atomic E-state index is 0. The van der Waals surface area contributed by atoms with Gasteiger partial charge in [0.1, 0.15) is 46.0 Å². The van der Waals surface area contributed by atoms with Crippen LogP contribution in [0.3, 0.4) is 0 Å². The summed E-state index contributed by atoms with van der Waals surface area (Å²) in [5.74, 6) is 2.19. The Kier molecular flexibility index (Phi) is 40.2. The zero-order valence-electron chi connectivity index (χ0n) is 89.2. The summed E-state index contributed by atoms with van der Waals surface area (Å²) in [5, 5.41) is 0. The van der Waals surface area contributed by atoms with E-state index in [1.165, 1.54) is 0 Å². The van der Waals surface area contributed by atoms with Gasteiger partial charge in [0.25, 0.3) is 0 Å². The van der Waals surface area contributed by atoms with Gasteiger partial charge in [0.05, 0.1) is 0 Å². The quantitative estimate of drug-likeness (QED) is 0.0295. The Labute approximate surface area is 836 Å². The van der Waals surface area contributed by atoms with Crippen molar-refractivity contribution < 1.29 is 74.0 Å². The maximum absolute atomic E-state index is 12.6. The average Bonchev–Trinajstić information content (AvgIpc) is 0.815. The van der Waals surface area contributed by atoms with Gasteiger partial charge in [0.2, 0.25) is 0 Å². The second kappa shape index (κ2) is 44.8. The molecule has 0 saturated carbocycles. The molecule has 8 rings (SSSR count). The molecule has 0 unspecified atom stereocenters. The second-order valence-corrected chi connectivity index (χ2v) is 56.9. The molecule has 8 aromatic rings. The zero-order chi connectivity index (χ0) is 101. The molecule has 0 aliphatic heterocycles. The Morgan fingerprint density at radius 3 is 0.346 bits per heavy atom. The molecule has 0 bridgehead atoms. The Morgan fingerprint density at radius 2 is 0.263 bits per heavy atom. The van der Waals surface area contributed by atoms with Crippen molar-refractivity contribution in [1.82, 2.24) is 0 Å². The van der Waals surface area contributed by atoms with E-state index < -0.39 is 31.3 Å². The van der Waals surface area contributed by atoms with E-state index in [-0.39, 0.29) is 147 Å². The fourth-order valence-electron chi connectivity index (χ4n) is 20.3. The van der Waals surface area contributed by atoms with E-state index in [2.05, 4.69) is 277 Å². The van der Waals surface area contributed by atoms with Crippen LogP contribution in [0.5, 0.6) is 46.0 Å². The molecule has 0 aromatic heterocycles. The molecule has 0 radical (unpaired) electrons. The third-order valence-corrected chi connectivity index (χ3v) is 26.1. The number of phosphoric ester groups is 4. The van der Waals surface area contributed by atoms with Gasteiger partial charge in [-0.3, -0.25) is 9.79 Å². The van der Waals surface area contributed by atoms with Gasteiger partial charge in [-0.2, -0.15) is 0 Å². The van der Waals surface area contributed by atoms with Crippen molar-refractivity contribution in [2.24, 2.45) is 43.3 Å². The van der Waals surface area contributed by atoms with E-state index >= 15 is 0 Å². The van der Waals surface area contributed by atoms with E-state index in [4.69, 9.17) is 36.2 Å². The molecule has 0 aliphatic carbocycles. The SMILES string of the molecule is CC(C)(C)CC(C)(C)c1ccc(OP(=O)(O)Oc2ccc(C(C)(C)CC(C)(C)C)cc2)cc1.CC(C)(C)CC(C)(C)c1ccc(OP(=O)(O)Oc2ccc(C(C)(C)CC(C)(C)C)cc2)cc1.CC(C)(C)CC(C)(C)c1ccc(OP(=O)([O-])Oc2ccc(C(C)(C)CC(C)(C)C)cc2)cc1.CC(C)(C)CC(C)(C)c1ccc(OP(=O)([O-])Oc2ccc(C(C)(C)CC(C)(C)C)cc2)cc1.[Ca+2]. The molecule has 0 heterocycles. The molecule has 0 spiro atoms. The molecule has 2 N–H and O–H groups in total. The van der Waals surface area contributed by atoms with Crippen LogP contribution in [0, 0.1) is 43.3 Å². The Bertz CT molecular complexity index is 4190. The van der Waals surface area contributed by atoms with E-state index in [0.717, 1.165) is 95.9 Å². The van der Waals surface area contributed by atoms with E-state index in [1.54, 1.807) is 97.1 Å². The number of hydrogen-bond donors (Lipinski definition) is 2. The van der Waals surface area contributed by atoms with E-state index in [1.807, 2.05) is 97.1 Å². The molecule has 21 heteroatoms. The van der Waals surface area contributed by atoms with Crippen molar-refractivity contribution in [2.45, 2.75) is 372 Å². The van der Waals surface area contributed by atoms with Crippen LogP contribution in [0.2, 0.25) is 0 Å². The number of rotatable bonds is 32. The van der Waals surface area contributed by atoms with Crippen molar-refractivity contribution >= 4 is 69.0 Å². The van der Waals surface area contributed by atoms with Crippen LogP contribution in [0.25, 0.3) is 0 Å². The standard InChI is InChI=1S/4C28H43O4P.Ca/c4*1-25(2,3)19-27(7,8)21-11-15-23(16-12-21)31-33(29,30)32-24-17-13-22(14-18-24)28(9,10)20-26(4,5)6;/h4*11-18H,19-20H2,1-10H3,(H,29,30);/q;;;;+2/p-2. The zero-order valence-corrected chi connectivity index (χ0v) is 95.0. The van der Waals surface area contributed by atoms with Gasteiger partial charge >= 0.3 is 69.0 Å². The van der Waals surface area contributed by atoms with Gasteiger partial charge in [-0.15, -0.1) is 0 Å². The monoisotopic (exact) mass is 1940 g/mol. The van der Waals surface area contributed by atoms with Gasteiger partial charge < -0.3 is 46.0 Å². The largest absolute Gasteiger partial charge is 2.00 e. The third kappa shape index (κ3) is 44.0. The van der Waals surface area contributed by atoms with Crippen LogP contribution in [0.15, 0.2) is 194 Å². The Morgan fingerprint density at radius 1 is 0.180 bits per heavy atom. The van der Waals surface area contributed by atoms with Crippen molar-refractivity contribution in [1.29, 1.82) is 0 Å². The first-order valence-electron chi connectivity index (χ1n) is 46.8. The number of hydrogen-bond acceptors (Lipinski definition) is 14. The van der Waals surface area contributed by atoms with E-state index in [0.29, 0.717) is 23.0 Å². The van der Waals surface area contributed by atoms with Crippen LogP contribution in [0.4, 0.5) is 0 Å². The topological polar surface area (TPSA) is 229 Å². The molecule has 133 heavy (non-hydrogen) atoms. The molecule has 0 aliphatic rings. The maximum atomic E-state index is 12.6. The van der Waals surface area contributed by atoms with Crippen LogP contribution in [-0.2, 0) is 61.6 Å². The molecule has 0 atom stereocenters. The van der Waals surface area contributed by atoms with Crippen LogP contribution >= 0.6 is 31.3 Å². The molecule has 0 saturated heterocycles. The first-order chi connectivity index (χ1) is 59.1. The van der Waals surface area contributed by atoms with Crippen molar-refractivity contribution in [3.8, 4) is 46.0 Å². The molecule has 16 nitrogen and oxygen atoms in total. The van der Waals surface area contributed by atoms with Crippen molar-refractivity contribution in [3.05, 3.63) is 239 Å². The molecule has 0 fully saturated rings. The number of phosphoric acid groups is 4. The second-order valence-electron chi connectivity index (χ2n) is 51.7. The smallest absolute Gasteiger partial charge is 0.736 e. The fourth-order valence-corrected chi connectivity index (χ4v) is 23.5. The third-order valence-electron chi connectivity index (χ3n) is 22.6. The summed E-state index contributed by atoms with van der Waals surface area (Å²) in [6.45, 7) is 88.6.